The number of carbonyl (C=O) groups excluding carboxylic acids is 1. The third kappa shape index (κ3) is 6.18. The van der Waals surface area contributed by atoms with Gasteiger partial charge >= 0.3 is 0 Å². The molecule has 204 valence electrons. The highest BCUT2D eigenvalue weighted by Crippen LogP contribution is 2.31. The Kier molecular flexibility index (Phi) is 7.62. The van der Waals surface area contributed by atoms with Crippen molar-refractivity contribution in [2.45, 2.75) is 36.1 Å². The zero-order valence-electron chi connectivity index (χ0n) is 21.5. The average molecular weight is 578 g/mol. The quantitative estimate of drug-likeness (QED) is 0.233. The van der Waals surface area contributed by atoms with E-state index in [1.807, 2.05) is 0 Å². The van der Waals surface area contributed by atoms with Crippen molar-refractivity contribution < 1.29 is 22.0 Å². The van der Waals surface area contributed by atoms with Crippen LogP contribution in [0.3, 0.4) is 0 Å². The molecule has 0 fully saturated rings. The Morgan fingerprint density at radius 1 is 0.875 bits per heavy atom. The van der Waals surface area contributed by atoms with Crippen LogP contribution < -0.4 is 10.0 Å². The number of hydrogen-bond donors (Lipinski definition) is 2. The highest BCUT2D eigenvalue weighted by Gasteiger charge is 2.22. The van der Waals surface area contributed by atoms with Crippen LogP contribution in [0, 0.1) is 13.8 Å². The second-order valence-corrected chi connectivity index (χ2v) is 11.6. The number of nitrogens with one attached hydrogen (secondary N) is 2. The Hall–Kier alpha value is -4.56. The minimum atomic E-state index is -3.92. The Balaban J connectivity index is 1.26. The van der Waals surface area contributed by atoms with Gasteiger partial charge in [0.25, 0.3) is 10.0 Å². The molecule has 0 bridgehead atoms. The molecular weight excluding hydrogens is 554 g/mol. The number of furan rings is 2. The van der Waals surface area contributed by atoms with E-state index in [2.05, 4.69) is 35.2 Å². The van der Waals surface area contributed by atoms with Crippen molar-refractivity contribution in [2.24, 2.45) is 0 Å². The molecule has 1 unspecified atom stereocenters. The fourth-order valence-corrected chi connectivity index (χ4v) is 5.31. The smallest absolute Gasteiger partial charge is 0.264 e. The maximum atomic E-state index is 12.9. The SMILES string of the molecule is Cc1cc(C)nc(NS(=O)(=O)c2ccc(NC(=O)C(C)Sc3nnc(-c4ccco4)c(-c4ccco4)n3)cc2)n1. The van der Waals surface area contributed by atoms with Crippen LogP contribution in [-0.2, 0) is 14.8 Å². The van der Waals surface area contributed by atoms with Crippen LogP contribution in [0.2, 0.25) is 0 Å². The van der Waals surface area contributed by atoms with Crippen LogP contribution in [0.4, 0.5) is 11.6 Å². The summed E-state index contributed by atoms with van der Waals surface area (Å²) in [5.41, 5.74) is 2.54. The fourth-order valence-electron chi connectivity index (χ4n) is 3.65. The third-order valence-electron chi connectivity index (χ3n) is 5.47. The normalized spacial score (nSPS) is 12.2. The molecule has 1 aromatic carbocycles. The van der Waals surface area contributed by atoms with E-state index in [0.29, 0.717) is 40.0 Å². The minimum Gasteiger partial charge on any atom is -0.463 e. The molecule has 4 aromatic heterocycles. The van der Waals surface area contributed by atoms with Crippen LogP contribution in [-0.4, -0.2) is 44.7 Å². The highest BCUT2D eigenvalue weighted by atomic mass is 32.2. The number of aryl methyl sites for hydroxylation is 2. The fraction of sp³-hybridized carbons (Fsp3) is 0.154. The summed E-state index contributed by atoms with van der Waals surface area (Å²) >= 11 is 1.11. The lowest BCUT2D eigenvalue weighted by Crippen LogP contribution is -2.23. The van der Waals surface area contributed by atoms with Gasteiger partial charge in [-0.3, -0.25) is 4.79 Å². The summed E-state index contributed by atoms with van der Waals surface area (Å²) in [6, 6.07) is 14.5. The molecule has 4 heterocycles. The molecule has 0 radical (unpaired) electrons. The molecule has 0 saturated carbocycles. The Morgan fingerprint density at radius 2 is 1.50 bits per heavy atom. The number of anilines is 2. The molecule has 0 aliphatic rings. The summed E-state index contributed by atoms with van der Waals surface area (Å²) in [6.45, 7) is 5.20. The molecule has 0 aliphatic heterocycles. The number of benzene rings is 1. The zero-order chi connectivity index (χ0) is 28.3. The number of aromatic nitrogens is 5. The molecule has 0 saturated heterocycles. The third-order valence-corrected chi connectivity index (χ3v) is 7.76. The molecular formula is C26H23N7O5S2. The van der Waals surface area contributed by atoms with E-state index in [4.69, 9.17) is 8.83 Å². The van der Waals surface area contributed by atoms with Crippen LogP contribution in [0.15, 0.2) is 86.0 Å². The molecule has 1 amide bonds. The number of rotatable bonds is 9. The van der Waals surface area contributed by atoms with Crippen LogP contribution in [0.25, 0.3) is 22.9 Å². The van der Waals surface area contributed by atoms with Gasteiger partial charge in [0.05, 0.1) is 22.7 Å². The number of sulfonamides is 1. The lowest BCUT2D eigenvalue weighted by Gasteiger charge is -2.12. The summed E-state index contributed by atoms with van der Waals surface area (Å²) < 4.78 is 38.9. The monoisotopic (exact) mass is 577 g/mol. The second kappa shape index (κ2) is 11.3. The van der Waals surface area contributed by atoms with Gasteiger partial charge in [-0.15, -0.1) is 10.2 Å². The molecule has 5 aromatic rings. The van der Waals surface area contributed by atoms with Gasteiger partial charge in [0, 0.05) is 17.1 Å². The summed E-state index contributed by atoms with van der Waals surface area (Å²) in [5.74, 6) is 0.621. The maximum Gasteiger partial charge on any atom is 0.264 e. The predicted octanol–water partition coefficient (Wildman–Crippen LogP) is 4.72. The van der Waals surface area contributed by atoms with E-state index < -0.39 is 15.3 Å². The predicted molar refractivity (Wildman–Crippen MR) is 148 cm³/mol. The van der Waals surface area contributed by atoms with Crippen molar-refractivity contribution >= 4 is 39.3 Å². The first-order chi connectivity index (χ1) is 19.2. The molecule has 0 aliphatic carbocycles. The molecule has 0 spiro atoms. The second-order valence-electron chi connectivity index (χ2n) is 8.60. The minimum absolute atomic E-state index is 0.00254. The van der Waals surface area contributed by atoms with Gasteiger partial charge in [-0.1, -0.05) is 11.8 Å². The number of amides is 1. The summed E-state index contributed by atoms with van der Waals surface area (Å²) in [5, 5.41) is 10.8. The van der Waals surface area contributed by atoms with Crippen molar-refractivity contribution in [2.75, 3.05) is 10.0 Å². The molecule has 2 N–H and O–H groups in total. The maximum absolute atomic E-state index is 12.9. The summed E-state index contributed by atoms with van der Waals surface area (Å²) in [6.07, 6.45) is 3.05. The molecule has 12 nitrogen and oxygen atoms in total. The van der Waals surface area contributed by atoms with E-state index >= 15 is 0 Å². The number of thioether (sulfide) groups is 1. The van der Waals surface area contributed by atoms with Crippen molar-refractivity contribution in [3.8, 4) is 22.9 Å². The van der Waals surface area contributed by atoms with Gasteiger partial charge in [-0.2, -0.15) is 0 Å². The van der Waals surface area contributed by atoms with Gasteiger partial charge < -0.3 is 14.2 Å². The van der Waals surface area contributed by atoms with Gasteiger partial charge in [-0.05, 0) is 75.4 Å². The first kappa shape index (κ1) is 27.0. The van der Waals surface area contributed by atoms with Crippen molar-refractivity contribution in [3.05, 3.63) is 78.5 Å². The van der Waals surface area contributed by atoms with E-state index in [0.717, 1.165) is 11.8 Å². The largest absolute Gasteiger partial charge is 0.463 e. The standard InChI is InChI=1S/C26H23N7O5S2/c1-15-14-16(2)28-25(27-15)33-40(35,36)19-10-8-18(9-11-19)29-24(34)17(3)39-26-30-22(20-6-4-12-37-20)23(31-32-26)21-7-5-13-38-21/h4-14,17H,1-3H3,(H,29,34)(H,27,28,33). The molecule has 5 rings (SSSR count). The number of nitrogens with zero attached hydrogens (tertiary/aromatic N) is 5. The van der Waals surface area contributed by atoms with Crippen molar-refractivity contribution in [3.63, 3.8) is 0 Å². The van der Waals surface area contributed by atoms with Crippen molar-refractivity contribution in [1.29, 1.82) is 0 Å². The lowest BCUT2D eigenvalue weighted by atomic mass is 10.2. The molecule has 40 heavy (non-hydrogen) atoms. The highest BCUT2D eigenvalue weighted by molar-refractivity contribution is 8.00. The van der Waals surface area contributed by atoms with E-state index in [1.54, 1.807) is 51.1 Å². The summed E-state index contributed by atoms with van der Waals surface area (Å²) in [4.78, 5) is 25.7. The Labute approximate surface area is 233 Å². The Bertz CT molecular complexity index is 1720. The average Bonchev–Trinajstić information content (AvgIpc) is 3.63. The zero-order valence-corrected chi connectivity index (χ0v) is 23.2. The first-order valence-corrected chi connectivity index (χ1v) is 14.3. The van der Waals surface area contributed by atoms with Crippen LogP contribution in [0.1, 0.15) is 18.3 Å². The molecule has 14 heteroatoms. The van der Waals surface area contributed by atoms with Gasteiger partial charge in [0.15, 0.2) is 17.2 Å². The van der Waals surface area contributed by atoms with E-state index in [9.17, 15) is 13.2 Å². The number of carbonyl (C=O) groups is 1. The first-order valence-electron chi connectivity index (χ1n) is 11.9. The van der Waals surface area contributed by atoms with Gasteiger partial charge in [0.2, 0.25) is 17.0 Å². The lowest BCUT2D eigenvalue weighted by molar-refractivity contribution is -0.115. The summed E-state index contributed by atoms with van der Waals surface area (Å²) in [7, 11) is -3.92. The van der Waals surface area contributed by atoms with Crippen LogP contribution >= 0.6 is 11.8 Å². The van der Waals surface area contributed by atoms with E-state index in [-0.39, 0.29) is 21.9 Å². The molecule has 1 atom stereocenters. The Morgan fingerprint density at radius 3 is 2.10 bits per heavy atom. The van der Waals surface area contributed by atoms with Gasteiger partial charge in [0.1, 0.15) is 5.69 Å². The van der Waals surface area contributed by atoms with Crippen LogP contribution in [0.5, 0.6) is 0 Å². The van der Waals surface area contributed by atoms with E-state index in [1.165, 1.54) is 36.8 Å². The van der Waals surface area contributed by atoms with Crippen molar-refractivity contribution in [1.82, 2.24) is 25.1 Å². The number of hydrogen-bond acceptors (Lipinski definition) is 11. The van der Waals surface area contributed by atoms with Gasteiger partial charge in [-0.25, -0.2) is 28.1 Å². The topological polar surface area (TPSA) is 166 Å².